The summed E-state index contributed by atoms with van der Waals surface area (Å²) in [6.07, 6.45) is 0. The van der Waals surface area contributed by atoms with Gasteiger partial charge in [0.2, 0.25) is 0 Å². The highest BCUT2D eigenvalue weighted by atomic mass is 35.5. The predicted molar refractivity (Wildman–Crippen MR) is 78.4 cm³/mol. The van der Waals surface area contributed by atoms with Crippen molar-refractivity contribution in [1.29, 1.82) is 0 Å². The molecule has 106 valence electrons. The summed E-state index contributed by atoms with van der Waals surface area (Å²) in [6, 6.07) is 10.1. The lowest BCUT2D eigenvalue weighted by molar-refractivity contribution is 0.354. The molecule has 0 bridgehead atoms. The molecule has 0 fully saturated rings. The maximum absolute atomic E-state index is 13.2. The molecule has 0 aliphatic rings. The van der Waals surface area contributed by atoms with E-state index in [1.165, 1.54) is 12.1 Å². The van der Waals surface area contributed by atoms with Crippen LogP contribution in [0.1, 0.15) is 22.1 Å². The van der Waals surface area contributed by atoms with Crippen molar-refractivity contribution in [1.82, 2.24) is 0 Å². The van der Waals surface area contributed by atoms with Crippen LogP contribution in [-0.4, -0.2) is 14.2 Å². The Labute approximate surface area is 123 Å². The quantitative estimate of drug-likeness (QED) is 0.774. The molecule has 0 aliphatic heterocycles. The van der Waals surface area contributed by atoms with E-state index in [-0.39, 0.29) is 11.2 Å². The van der Waals surface area contributed by atoms with Gasteiger partial charge in [0.05, 0.1) is 19.6 Å². The second kappa shape index (κ2) is 6.14. The van der Waals surface area contributed by atoms with Crippen LogP contribution < -0.4 is 9.47 Å². The lowest BCUT2D eigenvalue weighted by Crippen LogP contribution is -1.99. The Hall–Kier alpha value is -1.74. The van der Waals surface area contributed by atoms with Gasteiger partial charge in [-0.2, -0.15) is 0 Å². The number of benzene rings is 2. The number of hydrogen-bond donors (Lipinski definition) is 0. The van der Waals surface area contributed by atoms with Gasteiger partial charge in [0, 0.05) is 0 Å². The van der Waals surface area contributed by atoms with E-state index in [4.69, 9.17) is 21.1 Å². The Kier molecular flexibility index (Phi) is 4.50. The van der Waals surface area contributed by atoms with Crippen LogP contribution in [0.4, 0.5) is 4.39 Å². The summed E-state index contributed by atoms with van der Waals surface area (Å²) in [6.45, 7) is 1.84. The first kappa shape index (κ1) is 14.7. The minimum atomic E-state index is -0.365. The number of halogens is 2. The molecule has 0 saturated heterocycles. The van der Waals surface area contributed by atoms with Crippen molar-refractivity contribution in [2.75, 3.05) is 14.2 Å². The molecule has 0 aromatic heterocycles. The third kappa shape index (κ3) is 2.88. The molecular weight excluding hydrogens is 279 g/mol. The molecule has 2 rings (SSSR count). The molecular formula is C16H16ClFO2. The summed E-state index contributed by atoms with van der Waals surface area (Å²) in [5.74, 6) is 1.01. The molecule has 0 aliphatic carbocycles. The Morgan fingerprint density at radius 2 is 1.70 bits per heavy atom. The van der Waals surface area contributed by atoms with Crippen molar-refractivity contribution in [3.05, 3.63) is 58.9 Å². The highest BCUT2D eigenvalue weighted by Crippen LogP contribution is 2.36. The predicted octanol–water partition coefficient (Wildman–Crippen LogP) is 4.48. The molecule has 0 radical (unpaired) electrons. The third-order valence-corrected chi connectivity index (χ3v) is 3.69. The van der Waals surface area contributed by atoms with Gasteiger partial charge >= 0.3 is 0 Å². The summed E-state index contributed by atoms with van der Waals surface area (Å²) in [5, 5.41) is -0.365. The van der Waals surface area contributed by atoms with Gasteiger partial charge in [0.15, 0.2) is 11.5 Å². The molecule has 2 nitrogen and oxygen atoms in total. The molecule has 1 unspecified atom stereocenters. The van der Waals surface area contributed by atoms with Gasteiger partial charge in [-0.05, 0) is 47.9 Å². The molecule has 20 heavy (non-hydrogen) atoms. The number of ether oxygens (including phenoxy) is 2. The molecule has 1 atom stereocenters. The molecule has 4 heteroatoms. The van der Waals surface area contributed by atoms with Crippen LogP contribution >= 0.6 is 11.6 Å². The van der Waals surface area contributed by atoms with Crippen molar-refractivity contribution < 1.29 is 13.9 Å². The molecule has 0 amide bonds. The van der Waals surface area contributed by atoms with Crippen molar-refractivity contribution >= 4 is 11.6 Å². The van der Waals surface area contributed by atoms with Crippen LogP contribution in [0.15, 0.2) is 36.4 Å². The van der Waals surface area contributed by atoms with Gasteiger partial charge in [0.1, 0.15) is 5.82 Å². The summed E-state index contributed by atoms with van der Waals surface area (Å²) in [7, 11) is 3.16. The fraction of sp³-hybridized carbons (Fsp3) is 0.250. The monoisotopic (exact) mass is 294 g/mol. The molecule has 0 spiro atoms. The molecule has 0 N–H and O–H groups in total. The number of rotatable bonds is 4. The van der Waals surface area contributed by atoms with Gasteiger partial charge in [-0.15, -0.1) is 11.6 Å². The summed E-state index contributed by atoms with van der Waals surface area (Å²) < 4.78 is 23.6. The third-order valence-electron chi connectivity index (χ3n) is 3.21. The van der Waals surface area contributed by atoms with Gasteiger partial charge in [-0.1, -0.05) is 12.1 Å². The molecule has 0 heterocycles. The maximum Gasteiger partial charge on any atom is 0.161 e. The first-order valence-electron chi connectivity index (χ1n) is 6.19. The average Bonchev–Trinajstić information content (AvgIpc) is 2.45. The Bertz CT molecular complexity index is 613. The molecule has 2 aromatic rings. The zero-order valence-electron chi connectivity index (χ0n) is 11.6. The largest absolute Gasteiger partial charge is 0.493 e. The van der Waals surface area contributed by atoms with E-state index < -0.39 is 0 Å². The zero-order chi connectivity index (χ0) is 14.7. The van der Waals surface area contributed by atoms with Crippen LogP contribution in [0.3, 0.4) is 0 Å². The number of alkyl halides is 1. The second-order valence-corrected chi connectivity index (χ2v) is 4.91. The number of methoxy groups -OCH3 is 2. The topological polar surface area (TPSA) is 18.5 Å². The van der Waals surface area contributed by atoms with Crippen LogP contribution in [0, 0.1) is 12.7 Å². The first-order valence-corrected chi connectivity index (χ1v) is 6.62. The van der Waals surface area contributed by atoms with Crippen LogP contribution in [0.25, 0.3) is 0 Å². The minimum Gasteiger partial charge on any atom is -0.493 e. The smallest absolute Gasteiger partial charge is 0.161 e. The van der Waals surface area contributed by atoms with Crippen LogP contribution in [0.5, 0.6) is 11.5 Å². The molecule has 0 saturated carbocycles. The minimum absolute atomic E-state index is 0.262. The maximum atomic E-state index is 13.2. The summed E-state index contributed by atoms with van der Waals surface area (Å²) in [5.41, 5.74) is 2.57. The van der Waals surface area contributed by atoms with E-state index in [1.54, 1.807) is 20.3 Å². The standard InChI is InChI=1S/C16H16ClFO2/c1-10-8-12(18)5-6-13(10)16(17)11-4-7-14(19-2)15(9-11)20-3/h4-9,16H,1-3H3. The van der Waals surface area contributed by atoms with E-state index in [0.29, 0.717) is 11.5 Å². The second-order valence-electron chi connectivity index (χ2n) is 4.48. The Morgan fingerprint density at radius 1 is 1.00 bits per heavy atom. The van der Waals surface area contributed by atoms with E-state index in [2.05, 4.69) is 0 Å². The lowest BCUT2D eigenvalue weighted by Gasteiger charge is -2.15. The highest BCUT2D eigenvalue weighted by Gasteiger charge is 2.16. The summed E-state index contributed by atoms with van der Waals surface area (Å²) >= 11 is 6.49. The number of aryl methyl sites for hydroxylation is 1. The number of hydrogen-bond acceptors (Lipinski definition) is 2. The fourth-order valence-corrected chi connectivity index (χ4v) is 2.49. The molecule has 2 aromatic carbocycles. The lowest BCUT2D eigenvalue weighted by atomic mass is 9.99. The van der Waals surface area contributed by atoms with Gasteiger partial charge < -0.3 is 9.47 Å². The van der Waals surface area contributed by atoms with E-state index in [0.717, 1.165) is 16.7 Å². The van der Waals surface area contributed by atoms with E-state index in [9.17, 15) is 4.39 Å². The van der Waals surface area contributed by atoms with E-state index in [1.807, 2.05) is 25.1 Å². The van der Waals surface area contributed by atoms with Crippen LogP contribution in [0.2, 0.25) is 0 Å². The van der Waals surface area contributed by atoms with Crippen LogP contribution in [-0.2, 0) is 0 Å². The van der Waals surface area contributed by atoms with Gasteiger partial charge in [-0.3, -0.25) is 0 Å². The SMILES string of the molecule is COc1ccc(C(Cl)c2ccc(F)cc2C)cc1OC. The van der Waals surface area contributed by atoms with Crippen molar-refractivity contribution in [2.24, 2.45) is 0 Å². The van der Waals surface area contributed by atoms with Crippen molar-refractivity contribution in [3.63, 3.8) is 0 Å². The average molecular weight is 295 g/mol. The van der Waals surface area contributed by atoms with Crippen molar-refractivity contribution in [2.45, 2.75) is 12.3 Å². The summed E-state index contributed by atoms with van der Waals surface area (Å²) in [4.78, 5) is 0. The van der Waals surface area contributed by atoms with E-state index >= 15 is 0 Å². The Balaban J connectivity index is 2.40. The Morgan fingerprint density at radius 3 is 2.30 bits per heavy atom. The van der Waals surface area contributed by atoms with Gasteiger partial charge in [0.25, 0.3) is 0 Å². The van der Waals surface area contributed by atoms with Gasteiger partial charge in [-0.25, -0.2) is 4.39 Å². The fourth-order valence-electron chi connectivity index (χ4n) is 2.11. The zero-order valence-corrected chi connectivity index (χ0v) is 12.4. The highest BCUT2D eigenvalue weighted by molar-refractivity contribution is 6.22. The normalized spacial score (nSPS) is 12.1. The van der Waals surface area contributed by atoms with Crippen molar-refractivity contribution in [3.8, 4) is 11.5 Å². The first-order chi connectivity index (χ1) is 9.56.